The minimum absolute atomic E-state index is 0.191. The van der Waals surface area contributed by atoms with Crippen LogP contribution in [0.3, 0.4) is 0 Å². The van der Waals surface area contributed by atoms with Crippen LogP contribution in [0.5, 0.6) is 17.2 Å². The van der Waals surface area contributed by atoms with E-state index in [0.717, 1.165) is 18.5 Å². The first-order chi connectivity index (χ1) is 8.78. The molecule has 18 heavy (non-hydrogen) atoms. The van der Waals surface area contributed by atoms with Crippen molar-refractivity contribution < 1.29 is 19.3 Å². The zero-order valence-electron chi connectivity index (χ0n) is 11.2. The van der Waals surface area contributed by atoms with Crippen LogP contribution in [0, 0.1) is 0 Å². The highest BCUT2D eigenvalue weighted by molar-refractivity contribution is 5.55. The summed E-state index contributed by atoms with van der Waals surface area (Å²) in [6, 6.07) is 3.79. The second kappa shape index (κ2) is 7.79. The van der Waals surface area contributed by atoms with Crippen LogP contribution in [-0.4, -0.2) is 39.6 Å². The molecule has 5 heteroatoms. The second-order valence-electron chi connectivity index (χ2n) is 3.75. The van der Waals surface area contributed by atoms with Crippen molar-refractivity contribution in [3.63, 3.8) is 0 Å². The van der Waals surface area contributed by atoms with Crippen molar-refractivity contribution in [1.82, 2.24) is 5.32 Å². The molecule has 1 aromatic rings. The lowest BCUT2D eigenvalue weighted by Gasteiger charge is -2.16. The van der Waals surface area contributed by atoms with Crippen molar-refractivity contribution in [3.8, 4) is 17.2 Å². The van der Waals surface area contributed by atoms with Crippen LogP contribution >= 0.6 is 0 Å². The molecule has 0 fully saturated rings. The maximum atomic E-state index is 8.71. The van der Waals surface area contributed by atoms with Gasteiger partial charge in [0.2, 0.25) is 5.75 Å². The molecule has 0 spiro atoms. The Morgan fingerprint density at radius 2 is 1.78 bits per heavy atom. The number of nitrogens with one attached hydrogen (secondary N) is 1. The predicted octanol–water partition coefficient (Wildman–Crippen LogP) is 1.18. The molecule has 0 aliphatic carbocycles. The number of rotatable bonds is 8. The number of aliphatic hydroxyl groups is 1. The van der Waals surface area contributed by atoms with E-state index in [1.165, 1.54) is 0 Å². The van der Waals surface area contributed by atoms with Gasteiger partial charge in [0.25, 0.3) is 0 Å². The molecule has 0 heterocycles. The summed E-state index contributed by atoms with van der Waals surface area (Å²) in [6.07, 6.45) is 0.732. The number of hydrogen-bond acceptors (Lipinski definition) is 5. The summed E-state index contributed by atoms with van der Waals surface area (Å²) >= 11 is 0. The van der Waals surface area contributed by atoms with Gasteiger partial charge >= 0.3 is 0 Å². The summed E-state index contributed by atoms with van der Waals surface area (Å²) < 4.78 is 15.9. The summed E-state index contributed by atoms with van der Waals surface area (Å²) in [5, 5.41) is 11.9. The average Bonchev–Trinajstić information content (AvgIpc) is 2.42. The molecule has 102 valence electrons. The summed E-state index contributed by atoms with van der Waals surface area (Å²) in [7, 11) is 4.79. The number of methoxy groups -OCH3 is 3. The second-order valence-corrected chi connectivity index (χ2v) is 3.75. The van der Waals surface area contributed by atoms with E-state index in [-0.39, 0.29) is 6.61 Å². The van der Waals surface area contributed by atoms with Crippen molar-refractivity contribution in [1.29, 1.82) is 0 Å². The molecule has 2 N–H and O–H groups in total. The van der Waals surface area contributed by atoms with Gasteiger partial charge in [0.05, 0.1) is 21.3 Å². The van der Waals surface area contributed by atoms with Gasteiger partial charge in [-0.3, -0.25) is 0 Å². The fourth-order valence-corrected chi connectivity index (χ4v) is 1.73. The van der Waals surface area contributed by atoms with Crippen LogP contribution in [0.1, 0.15) is 12.0 Å². The third-order valence-corrected chi connectivity index (χ3v) is 2.61. The molecule has 0 saturated carbocycles. The van der Waals surface area contributed by atoms with Crippen molar-refractivity contribution >= 4 is 0 Å². The van der Waals surface area contributed by atoms with Crippen molar-refractivity contribution in [2.24, 2.45) is 0 Å². The van der Waals surface area contributed by atoms with Crippen LogP contribution < -0.4 is 19.5 Å². The van der Waals surface area contributed by atoms with Gasteiger partial charge in [0, 0.05) is 18.7 Å². The van der Waals surface area contributed by atoms with Crippen molar-refractivity contribution in [2.45, 2.75) is 13.0 Å². The van der Waals surface area contributed by atoms with Gasteiger partial charge in [-0.05, 0) is 19.0 Å². The molecule has 0 aliphatic rings. The summed E-state index contributed by atoms with van der Waals surface area (Å²) in [6.45, 7) is 1.60. The summed E-state index contributed by atoms with van der Waals surface area (Å²) in [5.74, 6) is 1.92. The number of aliphatic hydroxyl groups excluding tert-OH is 1. The highest BCUT2D eigenvalue weighted by Crippen LogP contribution is 2.39. The maximum Gasteiger partial charge on any atom is 0.203 e. The lowest BCUT2D eigenvalue weighted by atomic mass is 10.1. The van der Waals surface area contributed by atoms with E-state index in [2.05, 4.69) is 5.32 Å². The summed E-state index contributed by atoms with van der Waals surface area (Å²) in [5.41, 5.74) is 0.994. The number of ether oxygens (including phenoxy) is 3. The van der Waals surface area contributed by atoms with E-state index in [4.69, 9.17) is 19.3 Å². The van der Waals surface area contributed by atoms with Crippen LogP contribution in [0.25, 0.3) is 0 Å². The Kier molecular flexibility index (Phi) is 6.32. The zero-order chi connectivity index (χ0) is 13.4. The first-order valence-electron chi connectivity index (χ1n) is 5.87. The predicted molar refractivity (Wildman–Crippen MR) is 69.5 cm³/mol. The average molecular weight is 255 g/mol. The fourth-order valence-electron chi connectivity index (χ4n) is 1.73. The fraction of sp³-hybridized carbons (Fsp3) is 0.538. The molecular formula is C13H21NO4. The molecule has 0 unspecified atom stereocenters. The molecule has 5 nitrogen and oxygen atoms in total. The quantitative estimate of drug-likeness (QED) is 0.683. The Bertz CT molecular complexity index is 368. The normalized spacial score (nSPS) is 10.2. The Labute approximate surface area is 108 Å². The standard InChI is InChI=1S/C13H21NO4/c1-16-11-6-5-10(9-14-7-4-8-15)12(17-2)13(11)18-3/h5-6,14-15H,4,7-9H2,1-3H3. The SMILES string of the molecule is COc1ccc(CNCCCO)c(OC)c1OC. The van der Waals surface area contributed by atoms with Gasteiger partial charge in [0.1, 0.15) is 0 Å². The molecule has 0 radical (unpaired) electrons. The Hall–Kier alpha value is -1.46. The van der Waals surface area contributed by atoms with Crippen LogP contribution in [0.2, 0.25) is 0 Å². The Morgan fingerprint density at radius 1 is 1.06 bits per heavy atom. The molecule has 0 saturated heterocycles. The van der Waals surface area contributed by atoms with Crippen LogP contribution in [0.4, 0.5) is 0 Å². The molecule has 0 amide bonds. The van der Waals surface area contributed by atoms with Gasteiger partial charge in [-0.2, -0.15) is 0 Å². The number of hydrogen-bond donors (Lipinski definition) is 2. The molecule has 0 bridgehead atoms. The molecule has 0 aliphatic heterocycles. The highest BCUT2D eigenvalue weighted by Gasteiger charge is 2.15. The van der Waals surface area contributed by atoms with Gasteiger partial charge in [-0.15, -0.1) is 0 Å². The van der Waals surface area contributed by atoms with Gasteiger partial charge < -0.3 is 24.6 Å². The number of benzene rings is 1. The van der Waals surface area contributed by atoms with Gasteiger partial charge in [-0.1, -0.05) is 6.07 Å². The summed E-state index contributed by atoms with van der Waals surface area (Å²) in [4.78, 5) is 0. The molecule has 1 rings (SSSR count). The van der Waals surface area contributed by atoms with E-state index >= 15 is 0 Å². The molecular weight excluding hydrogens is 234 g/mol. The van der Waals surface area contributed by atoms with Gasteiger partial charge in [0.15, 0.2) is 11.5 Å². The highest BCUT2D eigenvalue weighted by atomic mass is 16.5. The first kappa shape index (κ1) is 14.6. The van der Waals surface area contributed by atoms with Gasteiger partial charge in [-0.25, -0.2) is 0 Å². The van der Waals surface area contributed by atoms with E-state index in [9.17, 15) is 0 Å². The maximum absolute atomic E-state index is 8.71. The minimum Gasteiger partial charge on any atom is -0.493 e. The van der Waals surface area contributed by atoms with E-state index in [0.29, 0.717) is 23.8 Å². The van der Waals surface area contributed by atoms with Crippen LogP contribution in [0.15, 0.2) is 12.1 Å². The Balaban J connectivity index is 2.84. The monoisotopic (exact) mass is 255 g/mol. The first-order valence-corrected chi connectivity index (χ1v) is 5.87. The van der Waals surface area contributed by atoms with Crippen LogP contribution in [-0.2, 0) is 6.54 Å². The Morgan fingerprint density at radius 3 is 2.33 bits per heavy atom. The largest absolute Gasteiger partial charge is 0.493 e. The smallest absolute Gasteiger partial charge is 0.203 e. The molecule has 0 atom stereocenters. The molecule has 1 aromatic carbocycles. The van der Waals surface area contributed by atoms with E-state index < -0.39 is 0 Å². The topological polar surface area (TPSA) is 60.0 Å². The van der Waals surface area contributed by atoms with Crippen molar-refractivity contribution in [3.05, 3.63) is 17.7 Å². The molecule has 0 aromatic heterocycles. The minimum atomic E-state index is 0.191. The lowest BCUT2D eigenvalue weighted by Crippen LogP contribution is -2.16. The zero-order valence-corrected chi connectivity index (χ0v) is 11.2. The third kappa shape index (κ3) is 3.51. The van der Waals surface area contributed by atoms with E-state index in [1.54, 1.807) is 21.3 Å². The lowest BCUT2D eigenvalue weighted by molar-refractivity contribution is 0.285. The van der Waals surface area contributed by atoms with Crippen molar-refractivity contribution in [2.75, 3.05) is 34.5 Å². The van der Waals surface area contributed by atoms with E-state index in [1.807, 2.05) is 12.1 Å². The third-order valence-electron chi connectivity index (χ3n) is 2.61.